The molecule has 1 unspecified atom stereocenters. The Kier molecular flexibility index (Phi) is 3.61. The van der Waals surface area contributed by atoms with Gasteiger partial charge in [-0.05, 0) is 30.8 Å². The van der Waals surface area contributed by atoms with Gasteiger partial charge in [0.15, 0.2) is 0 Å². The van der Waals surface area contributed by atoms with Crippen molar-refractivity contribution in [2.45, 2.75) is 36.7 Å². The highest BCUT2D eigenvalue weighted by molar-refractivity contribution is 8.17. The summed E-state index contributed by atoms with van der Waals surface area (Å²) in [5.41, 5.74) is 0. The van der Waals surface area contributed by atoms with Crippen molar-refractivity contribution in [3.8, 4) is 0 Å². The van der Waals surface area contributed by atoms with Gasteiger partial charge in [0, 0.05) is 12.3 Å². The Hall–Kier alpha value is 0.370. The highest BCUT2D eigenvalue weighted by Crippen LogP contribution is 2.40. The first kappa shape index (κ1) is 9.91. The lowest BCUT2D eigenvalue weighted by Gasteiger charge is -2.30. The molecule has 0 amide bonds. The third-order valence-electron chi connectivity index (χ3n) is 2.78. The summed E-state index contributed by atoms with van der Waals surface area (Å²) >= 11 is 4.03. The predicted octanol–water partition coefficient (Wildman–Crippen LogP) is 2.94. The number of rotatable bonds is 1. The van der Waals surface area contributed by atoms with E-state index in [-0.39, 0.29) is 0 Å². The van der Waals surface area contributed by atoms with Gasteiger partial charge in [0.05, 0.1) is 4.58 Å². The quantitative estimate of drug-likeness (QED) is 0.671. The van der Waals surface area contributed by atoms with E-state index in [1.807, 2.05) is 23.5 Å². The molecule has 3 heteroatoms. The molecule has 1 heterocycles. The van der Waals surface area contributed by atoms with E-state index >= 15 is 0 Å². The van der Waals surface area contributed by atoms with E-state index in [0.717, 1.165) is 19.3 Å². The van der Waals surface area contributed by atoms with Gasteiger partial charge in [-0.15, -0.1) is 23.5 Å². The van der Waals surface area contributed by atoms with E-state index in [1.165, 1.54) is 24.3 Å². The fourth-order valence-electron chi connectivity index (χ4n) is 2.04. The highest BCUT2D eigenvalue weighted by Gasteiger charge is 2.31. The van der Waals surface area contributed by atoms with Gasteiger partial charge in [-0.25, -0.2) is 0 Å². The van der Waals surface area contributed by atoms with Gasteiger partial charge in [0.2, 0.25) is 0 Å². The molecule has 1 aliphatic heterocycles. The summed E-state index contributed by atoms with van der Waals surface area (Å²) in [6.07, 6.45) is 5.74. The number of hydrogen-bond donors (Lipinski definition) is 0. The maximum atomic E-state index is 11.7. The van der Waals surface area contributed by atoms with Crippen LogP contribution in [0.4, 0.5) is 0 Å². The number of hydrogen-bond acceptors (Lipinski definition) is 3. The molecule has 1 saturated heterocycles. The Morgan fingerprint density at radius 3 is 2.54 bits per heavy atom. The molecule has 2 rings (SSSR count). The first-order chi connectivity index (χ1) is 6.38. The summed E-state index contributed by atoms with van der Waals surface area (Å²) in [4.78, 5) is 11.7. The van der Waals surface area contributed by atoms with Crippen LogP contribution >= 0.6 is 23.5 Å². The van der Waals surface area contributed by atoms with Gasteiger partial charge in [0.1, 0.15) is 5.78 Å². The molecule has 0 aromatic carbocycles. The first-order valence-electron chi connectivity index (χ1n) is 5.14. The van der Waals surface area contributed by atoms with Gasteiger partial charge in [-0.1, -0.05) is 6.42 Å². The van der Waals surface area contributed by atoms with E-state index in [1.54, 1.807) is 0 Å². The SMILES string of the molecule is O=C1CCCCC1C1SCCCS1. The lowest BCUT2D eigenvalue weighted by Crippen LogP contribution is -2.28. The molecule has 1 nitrogen and oxygen atoms in total. The van der Waals surface area contributed by atoms with Crippen molar-refractivity contribution < 1.29 is 4.79 Å². The van der Waals surface area contributed by atoms with E-state index in [0.29, 0.717) is 16.3 Å². The van der Waals surface area contributed by atoms with Crippen LogP contribution in [0.2, 0.25) is 0 Å². The molecule has 1 saturated carbocycles. The Balaban J connectivity index is 1.92. The summed E-state index contributed by atoms with van der Waals surface area (Å²) < 4.78 is 0.599. The van der Waals surface area contributed by atoms with Crippen LogP contribution in [0.5, 0.6) is 0 Å². The monoisotopic (exact) mass is 216 g/mol. The number of thioether (sulfide) groups is 2. The standard InChI is InChI=1S/C10H16OS2/c11-9-5-2-1-4-8(9)10-12-6-3-7-13-10/h8,10H,1-7H2. The van der Waals surface area contributed by atoms with Crippen LogP contribution in [0.3, 0.4) is 0 Å². The highest BCUT2D eigenvalue weighted by atomic mass is 32.2. The number of carbonyl (C=O) groups is 1. The Morgan fingerprint density at radius 1 is 1.08 bits per heavy atom. The summed E-state index contributed by atoms with van der Waals surface area (Å²) in [6.45, 7) is 0. The minimum atomic E-state index is 0.393. The Bertz CT molecular complexity index is 187. The Labute approximate surface area is 88.4 Å². The van der Waals surface area contributed by atoms with Crippen LogP contribution < -0.4 is 0 Å². The topological polar surface area (TPSA) is 17.1 Å². The molecular weight excluding hydrogens is 200 g/mol. The lowest BCUT2D eigenvalue weighted by atomic mass is 9.89. The third-order valence-corrected chi connectivity index (χ3v) is 5.96. The molecule has 0 bridgehead atoms. The maximum absolute atomic E-state index is 11.7. The largest absolute Gasteiger partial charge is 0.299 e. The summed E-state index contributed by atoms with van der Waals surface area (Å²) in [7, 11) is 0. The molecule has 0 N–H and O–H groups in total. The molecular formula is C10H16OS2. The molecule has 0 spiro atoms. The fourth-order valence-corrected chi connectivity index (χ4v) is 5.31. The summed E-state index contributed by atoms with van der Waals surface area (Å²) in [5, 5.41) is 0. The van der Waals surface area contributed by atoms with Crippen LogP contribution in [0.1, 0.15) is 32.1 Å². The minimum absolute atomic E-state index is 0.393. The maximum Gasteiger partial charge on any atom is 0.137 e. The van der Waals surface area contributed by atoms with Crippen molar-refractivity contribution in [2.75, 3.05) is 11.5 Å². The molecule has 2 aliphatic rings. The normalized spacial score (nSPS) is 32.0. The van der Waals surface area contributed by atoms with Crippen molar-refractivity contribution in [3.05, 3.63) is 0 Å². The minimum Gasteiger partial charge on any atom is -0.299 e. The van der Waals surface area contributed by atoms with Crippen molar-refractivity contribution >= 4 is 29.3 Å². The van der Waals surface area contributed by atoms with Crippen LogP contribution in [0.15, 0.2) is 0 Å². The second-order valence-electron chi connectivity index (χ2n) is 3.78. The summed E-state index contributed by atoms with van der Waals surface area (Å²) in [5.74, 6) is 3.46. The van der Waals surface area contributed by atoms with Crippen LogP contribution in [-0.2, 0) is 4.79 Å². The number of Topliss-reactive ketones (excluding diaryl/α,β-unsaturated/α-hetero) is 1. The van der Waals surface area contributed by atoms with Crippen molar-refractivity contribution in [1.29, 1.82) is 0 Å². The van der Waals surface area contributed by atoms with Gasteiger partial charge in [-0.2, -0.15) is 0 Å². The van der Waals surface area contributed by atoms with E-state index in [2.05, 4.69) is 0 Å². The van der Waals surface area contributed by atoms with Gasteiger partial charge in [0.25, 0.3) is 0 Å². The van der Waals surface area contributed by atoms with E-state index in [9.17, 15) is 4.79 Å². The predicted molar refractivity (Wildman–Crippen MR) is 60.3 cm³/mol. The van der Waals surface area contributed by atoms with Gasteiger partial charge in [-0.3, -0.25) is 4.79 Å². The van der Waals surface area contributed by atoms with Gasteiger partial charge < -0.3 is 0 Å². The van der Waals surface area contributed by atoms with Crippen LogP contribution in [0.25, 0.3) is 0 Å². The molecule has 0 aromatic rings. The van der Waals surface area contributed by atoms with E-state index < -0.39 is 0 Å². The zero-order chi connectivity index (χ0) is 9.10. The number of ketones is 1. The van der Waals surface area contributed by atoms with Crippen molar-refractivity contribution in [2.24, 2.45) is 5.92 Å². The second kappa shape index (κ2) is 4.74. The third kappa shape index (κ3) is 2.44. The average molecular weight is 216 g/mol. The zero-order valence-electron chi connectivity index (χ0n) is 7.83. The smallest absolute Gasteiger partial charge is 0.137 e. The van der Waals surface area contributed by atoms with E-state index in [4.69, 9.17) is 0 Å². The van der Waals surface area contributed by atoms with Crippen molar-refractivity contribution in [1.82, 2.24) is 0 Å². The number of carbonyl (C=O) groups excluding carboxylic acids is 1. The molecule has 13 heavy (non-hydrogen) atoms. The Morgan fingerprint density at radius 2 is 1.85 bits per heavy atom. The molecule has 1 aliphatic carbocycles. The molecule has 74 valence electrons. The van der Waals surface area contributed by atoms with Crippen molar-refractivity contribution in [3.63, 3.8) is 0 Å². The summed E-state index contributed by atoms with van der Waals surface area (Å²) in [6, 6.07) is 0. The lowest BCUT2D eigenvalue weighted by molar-refractivity contribution is -0.123. The molecule has 0 aromatic heterocycles. The zero-order valence-corrected chi connectivity index (χ0v) is 9.46. The average Bonchev–Trinajstić information content (AvgIpc) is 2.20. The van der Waals surface area contributed by atoms with Gasteiger partial charge >= 0.3 is 0 Å². The first-order valence-corrected chi connectivity index (χ1v) is 7.23. The van der Waals surface area contributed by atoms with Crippen LogP contribution in [-0.4, -0.2) is 21.9 Å². The second-order valence-corrected chi connectivity index (χ2v) is 6.58. The molecule has 0 radical (unpaired) electrons. The molecule has 1 atom stereocenters. The van der Waals surface area contributed by atoms with Crippen LogP contribution in [0, 0.1) is 5.92 Å². The molecule has 2 fully saturated rings. The fraction of sp³-hybridized carbons (Fsp3) is 0.900.